The minimum absolute atomic E-state index is 0.126. The first-order chi connectivity index (χ1) is 13.1. The van der Waals surface area contributed by atoms with Gasteiger partial charge in [0.05, 0.1) is 11.1 Å². The number of nitrogens with zero attached hydrogens (tertiary/aromatic N) is 4. The number of nitrogens with two attached hydrogens (primary N) is 2. The molecule has 0 unspecified atom stereocenters. The summed E-state index contributed by atoms with van der Waals surface area (Å²) in [6, 6.07) is 6.17. The van der Waals surface area contributed by atoms with Crippen LogP contribution in [0, 0.1) is 5.82 Å². The average Bonchev–Trinajstić information content (AvgIpc) is 3.45. The Hall–Kier alpha value is -2.67. The van der Waals surface area contributed by atoms with Gasteiger partial charge in [-0.1, -0.05) is 12.1 Å². The Bertz CT molecular complexity index is 1000. The SMILES string of the molecule is Nc1cccc(-c2cn(C3CCN(C4CC4)CC3)c3ncnc(N)c23)c1F. The van der Waals surface area contributed by atoms with E-state index in [1.807, 2.05) is 6.20 Å². The third-order valence-electron chi connectivity index (χ3n) is 5.91. The second-order valence-corrected chi connectivity index (χ2v) is 7.61. The number of benzene rings is 1. The number of hydrogen-bond acceptors (Lipinski definition) is 5. The number of piperidine rings is 1. The highest BCUT2D eigenvalue weighted by molar-refractivity contribution is 6.01. The summed E-state index contributed by atoms with van der Waals surface area (Å²) in [6.45, 7) is 2.19. The molecule has 0 amide bonds. The fourth-order valence-corrected chi connectivity index (χ4v) is 4.32. The van der Waals surface area contributed by atoms with Crippen LogP contribution in [0.4, 0.5) is 15.9 Å². The summed E-state index contributed by atoms with van der Waals surface area (Å²) in [6.07, 6.45) is 8.24. The maximum Gasteiger partial charge on any atom is 0.153 e. The summed E-state index contributed by atoms with van der Waals surface area (Å²) in [4.78, 5) is 11.2. The van der Waals surface area contributed by atoms with Crippen molar-refractivity contribution in [3.63, 3.8) is 0 Å². The predicted molar refractivity (Wildman–Crippen MR) is 105 cm³/mol. The summed E-state index contributed by atoms with van der Waals surface area (Å²) in [5.41, 5.74) is 14.0. The topological polar surface area (TPSA) is 86.0 Å². The molecule has 1 saturated carbocycles. The van der Waals surface area contributed by atoms with Gasteiger partial charge in [0, 0.05) is 42.5 Å². The van der Waals surface area contributed by atoms with Crippen LogP contribution in [0.25, 0.3) is 22.2 Å². The van der Waals surface area contributed by atoms with Crippen molar-refractivity contribution >= 4 is 22.5 Å². The standard InChI is InChI=1S/C20H23FN6/c21-18-14(2-1-3-16(18)22)15-10-27(20-17(15)19(23)24-11-25-20)13-6-8-26(9-7-13)12-4-5-12/h1-3,10-13H,4-9,22H2,(H2,23,24,25). The Morgan fingerprint density at radius 2 is 1.74 bits per heavy atom. The molecule has 1 aromatic carbocycles. The Morgan fingerprint density at radius 1 is 0.963 bits per heavy atom. The van der Waals surface area contributed by atoms with E-state index in [0.29, 0.717) is 28.4 Å². The van der Waals surface area contributed by atoms with E-state index in [1.54, 1.807) is 18.2 Å². The third kappa shape index (κ3) is 2.73. The zero-order valence-corrected chi connectivity index (χ0v) is 15.1. The summed E-state index contributed by atoms with van der Waals surface area (Å²) in [5.74, 6) is -0.0608. The van der Waals surface area contributed by atoms with Gasteiger partial charge in [-0.25, -0.2) is 14.4 Å². The maximum atomic E-state index is 14.7. The molecule has 2 fully saturated rings. The molecule has 1 aliphatic heterocycles. The maximum absolute atomic E-state index is 14.7. The van der Waals surface area contributed by atoms with Gasteiger partial charge in [0.1, 0.15) is 17.8 Å². The molecule has 4 N–H and O–H groups in total. The van der Waals surface area contributed by atoms with Crippen LogP contribution < -0.4 is 11.5 Å². The normalized spacial score (nSPS) is 19.0. The van der Waals surface area contributed by atoms with Crippen LogP contribution >= 0.6 is 0 Å². The van der Waals surface area contributed by atoms with Gasteiger partial charge in [0.2, 0.25) is 0 Å². The molecule has 0 radical (unpaired) electrons. The molecule has 0 atom stereocenters. The number of nitrogen functional groups attached to an aromatic ring is 2. The second kappa shape index (κ2) is 6.20. The van der Waals surface area contributed by atoms with Crippen molar-refractivity contribution in [3.8, 4) is 11.1 Å². The highest BCUT2D eigenvalue weighted by Crippen LogP contribution is 2.39. The molecule has 0 spiro atoms. The van der Waals surface area contributed by atoms with E-state index < -0.39 is 5.82 Å². The van der Waals surface area contributed by atoms with Crippen LogP contribution in [0.2, 0.25) is 0 Å². The van der Waals surface area contributed by atoms with Gasteiger partial charge in [-0.3, -0.25) is 0 Å². The van der Waals surface area contributed by atoms with E-state index in [1.165, 1.54) is 19.2 Å². The Morgan fingerprint density at radius 3 is 2.48 bits per heavy atom. The molecule has 140 valence electrons. The van der Waals surface area contributed by atoms with Gasteiger partial charge >= 0.3 is 0 Å². The summed E-state index contributed by atoms with van der Waals surface area (Å²) < 4.78 is 16.9. The lowest BCUT2D eigenvalue weighted by Crippen LogP contribution is -2.36. The molecule has 2 aliphatic rings. The molecule has 6 nitrogen and oxygen atoms in total. The quantitative estimate of drug-likeness (QED) is 0.695. The molecule has 7 heteroatoms. The van der Waals surface area contributed by atoms with Crippen molar-refractivity contribution in [2.75, 3.05) is 24.6 Å². The zero-order valence-electron chi connectivity index (χ0n) is 15.1. The van der Waals surface area contributed by atoms with Gasteiger partial charge in [-0.2, -0.15) is 0 Å². The van der Waals surface area contributed by atoms with Crippen LogP contribution in [0.1, 0.15) is 31.7 Å². The van der Waals surface area contributed by atoms with Crippen LogP contribution in [-0.2, 0) is 0 Å². The van der Waals surface area contributed by atoms with E-state index in [9.17, 15) is 4.39 Å². The van der Waals surface area contributed by atoms with Crippen molar-refractivity contribution in [1.29, 1.82) is 0 Å². The molecule has 27 heavy (non-hydrogen) atoms. The number of fused-ring (bicyclic) bond motifs is 1. The van der Waals surface area contributed by atoms with Crippen LogP contribution in [-0.4, -0.2) is 38.6 Å². The molecule has 2 aromatic heterocycles. The van der Waals surface area contributed by atoms with Gasteiger partial charge in [0.15, 0.2) is 5.82 Å². The molecule has 1 saturated heterocycles. The Balaban J connectivity index is 1.60. The molecule has 5 rings (SSSR count). The minimum Gasteiger partial charge on any atom is -0.396 e. The molecular weight excluding hydrogens is 343 g/mol. The zero-order chi connectivity index (χ0) is 18.5. The van der Waals surface area contributed by atoms with E-state index in [0.717, 1.165) is 37.6 Å². The summed E-state index contributed by atoms with van der Waals surface area (Å²) in [5, 5.41) is 0.701. The van der Waals surface area contributed by atoms with Crippen molar-refractivity contribution < 1.29 is 4.39 Å². The fourth-order valence-electron chi connectivity index (χ4n) is 4.32. The lowest BCUT2D eigenvalue weighted by atomic mass is 10.0. The van der Waals surface area contributed by atoms with E-state index >= 15 is 0 Å². The largest absolute Gasteiger partial charge is 0.396 e. The summed E-state index contributed by atoms with van der Waals surface area (Å²) >= 11 is 0. The first kappa shape index (κ1) is 16.5. The van der Waals surface area contributed by atoms with Crippen molar-refractivity contribution in [3.05, 3.63) is 36.5 Å². The molecule has 3 aromatic rings. The van der Waals surface area contributed by atoms with Crippen LogP contribution in [0.5, 0.6) is 0 Å². The van der Waals surface area contributed by atoms with Crippen LogP contribution in [0.3, 0.4) is 0 Å². The number of rotatable bonds is 3. The smallest absolute Gasteiger partial charge is 0.153 e. The average molecular weight is 366 g/mol. The monoisotopic (exact) mass is 366 g/mol. The lowest BCUT2D eigenvalue weighted by molar-refractivity contribution is 0.180. The van der Waals surface area contributed by atoms with Gasteiger partial charge < -0.3 is 20.9 Å². The third-order valence-corrected chi connectivity index (χ3v) is 5.91. The molecular formula is C20H23FN6. The van der Waals surface area contributed by atoms with Crippen molar-refractivity contribution in [2.45, 2.75) is 37.8 Å². The first-order valence-electron chi connectivity index (χ1n) is 9.53. The van der Waals surface area contributed by atoms with E-state index in [-0.39, 0.29) is 5.69 Å². The van der Waals surface area contributed by atoms with E-state index in [4.69, 9.17) is 11.5 Å². The molecule has 3 heterocycles. The Labute approximate surface area is 157 Å². The van der Waals surface area contributed by atoms with Gasteiger partial charge in [-0.05, 0) is 31.7 Å². The summed E-state index contributed by atoms with van der Waals surface area (Å²) in [7, 11) is 0. The van der Waals surface area contributed by atoms with Gasteiger partial charge in [-0.15, -0.1) is 0 Å². The second-order valence-electron chi connectivity index (χ2n) is 7.61. The number of anilines is 2. The van der Waals surface area contributed by atoms with Crippen molar-refractivity contribution in [2.24, 2.45) is 0 Å². The number of hydrogen-bond donors (Lipinski definition) is 2. The predicted octanol–water partition coefficient (Wildman–Crippen LogP) is 3.20. The first-order valence-corrected chi connectivity index (χ1v) is 9.53. The molecule has 1 aliphatic carbocycles. The molecule has 0 bridgehead atoms. The highest BCUT2D eigenvalue weighted by Gasteiger charge is 2.33. The number of halogens is 1. The minimum atomic E-state index is -0.427. The fraction of sp³-hybridized carbons (Fsp3) is 0.400. The number of likely N-dealkylation sites (tertiary alicyclic amines) is 1. The van der Waals surface area contributed by atoms with E-state index in [2.05, 4.69) is 19.4 Å². The highest BCUT2D eigenvalue weighted by atomic mass is 19.1. The van der Waals surface area contributed by atoms with Gasteiger partial charge in [0.25, 0.3) is 0 Å². The lowest BCUT2D eigenvalue weighted by Gasteiger charge is -2.32. The number of aromatic nitrogens is 3. The van der Waals surface area contributed by atoms with Crippen LogP contribution in [0.15, 0.2) is 30.7 Å². The Kier molecular flexibility index (Phi) is 3.79. The van der Waals surface area contributed by atoms with Crippen molar-refractivity contribution in [1.82, 2.24) is 19.4 Å².